The average molecular weight is 622 g/mol. The van der Waals surface area contributed by atoms with E-state index in [0.717, 1.165) is 32.9 Å². The van der Waals surface area contributed by atoms with Crippen molar-refractivity contribution in [2.45, 2.75) is 0 Å². The monoisotopic (exact) mass is 621 g/mol. The number of carbonyl (C=O) groups excluding carboxylic acids is 4. The highest BCUT2D eigenvalue weighted by atomic mass is 35.5. The van der Waals surface area contributed by atoms with Crippen LogP contribution in [0.5, 0.6) is 0 Å². The number of benzene rings is 4. The average Bonchev–Trinajstić information content (AvgIpc) is 3.37. The quantitative estimate of drug-likeness (QED) is 0.199. The van der Waals surface area contributed by atoms with Crippen molar-refractivity contribution in [3.8, 4) is 11.8 Å². The summed E-state index contributed by atoms with van der Waals surface area (Å²) in [6.45, 7) is 0.162. The maximum absolute atomic E-state index is 13.2. The lowest BCUT2D eigenvalue weighted by molar-refractivity contribution is 0.0657. The third-order valence-electron chi connectivity index (χ3n) is 8.10. The predicted octanol–water partition coefficient (Wildman–Crippen LogP) is 6.10. The van der Waals surface area contributed by atoms with Crippen molar-refractivity contribution < 1.29 is 19.2 Å². The van der Waals surface area contributed by atoms with Crippen LogP contribution >= 0.6 is 11.6 Å². The standard InChI is InChI=1S/C38H24ClN3O4/c39-26-16-17-28-27(18-20-40-34(33(28)23-26)25-9-2-1-3-10-25)24(19-22-42-37(45)31-14-6-7-15-32(31)38(42)46)11-8-21-41-35(43)29-12-4-5-13-30(29)36(41)44/h1-7,9-10,12-19,23H,20-22H2. The second-order valence-corrected chi connectivity index (χ2v) is 11.2. The Morgan fingerprint density at radius 2 is 1.26 bits per heavy atom. The number of fused-ring (bicyclic) bond motifs is 3. The van der Waals surface area contributed by atoms with E-state index in [2.05, 4.69) is 11.8 Å². The predicted molar refractivity (Wildman–Crippen MR) is 176 cm³/mol. The molecule has 3 aliphatic heterocycles. The molecular weight excluding hydrogens is 598 g/mol. The fourth-order valence-electron chi connectivity index (χ4n) is 5.88. The van der Waals surface area contributed by atoms with Gasteiger partial charge in [-0.25, -0.2) is 0 Å². The first-order chi connectivity index (χ1) is 22.4. The molecule has 0 saturated carbocycles. The number of amides is 4. The molecule has 0 unspecified atom stereocenters. The lowest BCUT2D eigenvalue weighted by Gasteiger charge is -2.16. The molecule has 222 valence electrons. The number of aliphatic imine (C=N–C) groups is 1. The molecule has 0 saturated heterocycles. The van der Waals surface area contributed by atoms with Gasteiger partial charge in [0.25, 0.3) is 23.6 Å². The molecule has 3 aliphatic rings. The van der Waals surface area contributed by atoms with Gasteiger partial charge in [0.15, 0.2) is 0 Å². The van der Waals surface area contributed by atoms with Gasteiger partial charge in [-0.15, -0.1) is 0 Å². The van der Waals surface area contributed by atoms with Crippen LogP contribution in [0.2, 0.25) is 5.02 Å². The minimum Gasteiger partial charge on any atom is -0.280 e. The smallest absolute Gasteiger partial charge is 0.262 e. The largest absolute Gasteiger partial charge is 0.280 e. The Bertz CT molecular complexity index is 2070. The molecule has 4 aromatic rings. The highest BCUT2D eigenvalue weighted by Gasteiger charge is 2.35. The van der Waals surface area contributed by atoms with Gasteiger partial charge in [0.05, 0.1) is 41.1 Å². The number of hydrogen-bond donors (Lipinski definition) is 0. The summed E-state index contributed by atoms with van der Waals surface area (Å²) >= 11 is 6.49. The third-order valence-corrected chi connectivity index (χ3v) is 8.34. The molecule has 46 heavy (non-hydrogen) atoms. The Labute approximate surface area is 270 Å². The van der Waals surface area contributed by atoms with E-state index < -0.39 is 11.8 Å². The van der Waals surface area contributed by atoms with Gasteiger partial charge in [0, 0.05) is 28.3 Å². The molecule has 0 atom stereocenters. The maximum Gasteiger partial charge on any atom is 0.262 e. The normalized spacial score (nSPS) is 15.5. The molecule has 0 bridgehead atoms. The zero-order valence-corrected chi connectivity index (χ0v) is 25.1. The van der Waals surface area contributed by atoms with E-state index in [9.17, 15) is 19.2 Å². The molecule has 7 nitrogen and oxygen atoms in total. The molecule has 7 rings (SSSR count). The van der Waals surface area contributed by atoms with Gasteiger partial charge in [-0.1, -0.05) is 90.2 Å². The molecule has 0 spiro atoms. The van der Waals surface area contributed by atoms with Gasteiger partial charge in [0.2, 0.25) is 0 Å². The van der Waals surface area contributed by atoms with Crippen LogP contribution in [-0.2, 0) is 0 Å². The molecule has 4 amide bonds. The maximum atomic E-state index is 13.2. The Morgan fingerprint density at radius 3 is 1.87 bits per heavy atom. The molecule has 0 N–H and O–H groups in total. The summed E-state index contributed by atoms with van der Waals surface area (Å²) in [6, 6.07) is 28.7. The first-order valence-electron chi connectivity index (χ1n) is 14.6. The van der Waals surface area contributed by atoms with E-state index in [1.165, 1.54) is 4.90 Å². The molecule has 0 aromatic heterocycles. The lowest BCUT2D eigenvalue weighted by atomic mass is 9.90. The summed E-state index contributed by atoms with van der Waals surface area (Å²) in [5, 5.41) is 0.539. The van der Waals surface area contributed by atoms with E-state index in [-0.39, 0.29) is 24.9 Å². The first kappa shape index (κ1) is 28.9. The summed E-state index contributed by atoms with van der Waals surface area (Å²) in [7, 11) is 0. The zero-order chi connectivity index (χ0) is 31.8. The molecule has 0 fully saturated rings. The summed E-state index contributed by atoms with van der Waals surface area (Å²) in [5.41, 5.74) is 5.95. The molecule has 3 heterocycles. The van der Waals surface area contributed by atoms with Crippen LogP contribution in [0.25, 0.3) is 5.57 Å². The van der Waals surface area contributed by atoms with Gasteiger partial charge in [0.1, 0.15) is 0 Å². The molecule has 4 aromatic carbocycles. The highest BCUT2D eigenvalue weighted by Crippen LogP contribution is 2.33. The number of halogens is 1. The van der Waals surface area contributed by atoms with Crippen molar-refractivity contribution in [2.24, 2.45) is 4.99 Å². The van der Waals surface area contributed by atoms with Crippen LogP contribution in [-0.4, -0.2) is 58.8 Å². The summed E-state index contributed by atoms with van der Waals surface area (Å²) < 4.78 is 0. The van der Waals surface area contributed by atoms with Crippen LogP contribution in [0, 0.1) is 11.8 Å². The van der Waals surface area contributed by atoms with Crippen LogP contribution in [0.4, 0.5) is 0 Å². The van der Waals surface area contributed by atoms with Gasteiger partial charge in [-0.05, 0) is 53.6 Å². The minimum atomic E-state index is -0.402. The molecule has 0 aliphatic carbocycles. The Balaban J connectivity index is 1.27. The number of allylic oxidation sites excluding steroid dienone is 2. The highest BCUT2D eigenvalue weighted by molar-refractivity contribution is 6.31. The number of carbonyl (C=O) groups is 4. The Hall–Kier alpha value is -5.84. The Kier molecular flexibility index (Phi) is 7.49. The van der Waals surface area contributed by atoms with E-state index in [0.29, 0.717) is 39.4 Å². The molecule has 8 heteroatoms. The summed E-state index contributed by atoms with van der Waals surface area (Å²) in [4.78, 5) is 59.5. The van der Waals surface area contributed by atoms with E-state index >= 15 is 0 Å². The van der Waals surface area contributed by atoms with Gasteiger partial charge >= 0.3 is 0 Å². The van der Waals surface area contributed by atoms with Crippen LogP contribution in [0.3, 0.4) is 0 Å². The van der Waals surface area contributed by atoms with E-state index in [1.54, 1.807) is 60.7 Å². The molecule has 0 radical (unpaired) electrons. The van der Waals surface area contributed by atoms with Gasteiger partial charge < -0.3 is 0 Å². The van der Waals surface area contributed by atoms with Crippen molar-refractivity contribution in [3.05, 3.63) is 159 Å². The van der Waals surface area contributed by atoms with Crippen molar-refractivity contribution in [1.82, 2.24) is 9.80 Å². The van der Waals surface area contributed by atoms with Crippen LogP contribution < -0.4 is 0 Å². The lowest BCUT2D eigenvalue weighted by Crippen LogP contribution is -2.30. The Morgan fingerprint density at radius 1 is 0.696 bits per heavy atom. The van der Waals surface area contributed by atoms with Crippen LogP contribution in [0.15, 0.2) is 120 Å². The number of nitrogens with zero attached hydrogens (tertiary/aromatic N) is 3. The van der Waals surface area contributed by atoms with Crippen molar-refractivity contribution in [1.29, 1.82) is 0 Å². The van der Waals surface area contributed by atoms with Crippen molar-refractivity contribution in [3.63, 3.8) is 0 Å². The third kappa shape index (κ3) is 5.05. The summed E-state index contributed by atoms with van der Waals surface area (Å²) in [6.07, 6.45) is 3.67. The van der Waals surface area contributed by atoms with Crippen LogP contribution in [0.1, 0.15) is 58.1 Å². The van der Waals surface area contributed by atoms with Crippen molar-refractivity contribution in [2.75, 3.05) is 19.6 Å². The number of rotatable bonds is 5. The van der Waals surface area contributed by atoms with E-state index in [1.807, 2.05) is 48.5 Å². The van der Waals surface area contributed by atoms with E-state index in [4.69, 9.17) is 16.6 Å². The second kappa shape index (κ2) is 11.9. The van der Waals surface area contributed by atoms with Gasteiger partial charge in [-0.3, -0.25) is 34.0 Å². The SMILES string of the molecule is O=C1c2ccccc2C(=O)N1CC#CC(=CCN1C(=O)c2ccccc2C1=O)C1=CCN=C(c2ccccc2)c2cc(Cl)ccc21. The van der Waals surface area contributed by atoms with Gasteiger partial charge in [-0.2, -0.15) is 0 Å². The fraction of sp³-hybridized carbons (Fsp3) is 0.0789. The minimum absolute atomic E-state index is 0.0317. The second-order valence-electron chi connectivity index (χ2n) is 10.8. The summed E-state index contributed by atoms with van der Waals surface area (Å²) in [5.74, 6) is 4.61. The zero-order valence-electron chi connectivity index (χ0n) is 24.4. The van der Waals surface area contributed by atoms with Crippen molar-refractivity contribution >= 4 is 46.5 Å². The molecular formula is C38H24ClN3O4. The topological polar surface area (TPSA) is 87.1 Å². The number of hydrogen-bond acceptors (Lipinski definition) is 5. The first-order valence-corrected chi connectivity index (χ1v) is 15.0. The number of imide groups is 2. The fourth-order valence-corrected chi connectivity index (χ4v) is 6.05.